The third-order valence-electron chi connectivity index (χ3n) is 8.71. The van der Waals surface area contributed by atoms with Crippen molar-refractivity contribution in [2.45, 2.75) is 57.3 Å². The maximum Gasteiger partial charge on any atom is 0.235 e. The van der Waals surface area contributed by atoms with Gasteiger partial charge in [0.1, 0.15) is 11.5 Å². The number of rotatable bonds is 5. The average Bonchev–Trinajstić information content (AvgIpc) is 2.83. The highest BCUT2D eigenvalue weighted by Gasteiger charge is 2.72. The second kappa shape index (κ2) is 9.18. The summed E-state index contributed by atoms with van der Waals surface area (Å²) >= 11 is 0. The Kier molecular flexibility index (Phi) is 6.70. The highest BCUT2D eigenvalue weighted by Crippen LogP contribution is 2.55. The minimum atomic E-state index is -3.04. The van der Waals surface area contributed by atoms with Gasteiger partial charge in [0, 0.05) is 24.3 Å². The lowest BCUT2D eigenvalue weighted by atomic mass is 9.49. The van der Waals surface area contributed by atoms with Crippen LogP contribution in [0.25, 0.3) is 0 Å². The zero-order valence-electron chi connectivity index (χ0n) is 21.8. The van der Waals surface area contributed by atoms with E-state index in [4.69, 9.17) is 5.73 Å². The van der Waals surface area contributed by atoms with Gasteiger partial charge in [0.15, 0.2) is 34.7 Å². The largest absolute Gasteiger partial charge is 0.507 e. The van der Waals surface area contributed by atoms with E-state index in [0.29, 0.717) is 11.1 Å². The Morgan fingerprint density at radius 3 is 2.26 bits per heavy atom. The topological polar surface area (TPSA) is 192 Å². The van der Waals surface area contributed by atoms with E-state index in [9.17, 15) is 44.1 Å². The van der Waals surface area contributed by atoms with Crippen LogP contribution in [0.4, 0.5) is 0 Å². The van der Waals surface area contributed by atoms with Crippen molar-refractivity contribution < 1.29 is 44.1 Å². The number of amides is 1. The Labute approximate surface area is 219 Å². The number of carbonyl (C=O) groups is 6. The van der Waals surface area contributed by atoms with Crippen molar-refractivity contribution in [1.29, 1.82) is 0 Å². The average molecular weight is 529 g/mol. The van der Waals surface area contributed by atoms with Crippen LogP contribution >= 0.6 is 0 Å². The zero-order chi connectivity index (χ0) is 28.6. The van der Waals surface area contributed by atoms with Crippen LogP contribution in [-0.4, -0.2) is 86.9 Å². The Balaban J connectivity index is 1.94. The molecule has 0 bridgehead atoms. The minimum Gasteiger partial charge on any atom is -0.507 e. The fourth-order valence-electron chi connectivity index (χ4n) is 6.77. The lowest BCUT2D eigenvalue weighted by molar-refractivity contribution is -0.196. The third-order valence-corrected chi connectivity index (χ3v) is 8.71. The molecule has 8 atom stereocenters. The van der Waals surface area contributed by atoms with Crippen molar-refractivity contribution in [1.82, 2.24) is 4.90 Å². The van der Waals surface area contributed by atoms with E-state index in [1.165, 1.54) is 19.0 Å². The number of nitrogens with zero attached hydrogens (tertiary/aromatic N) is 1. The molecule has 2 fully saturated rings. The molecule has 2 unspecified atom stereocenters. The minimum absolute atomic E-state index is 0.134. The molecule has 11 nitrogen and oxygen atoms in total. The molecule has 0 spiro atoms. The molecule has 3 aliphatic carbocycles. The maximum atomic E-state index is 13.9. The number of Topliss-reactive ketones (excluding diaryl/α,β-unsaturated/α-hetero) is 5. The number of phenolic OH excluding ortho intramolecular Hbond substituents is 1. The number of hydrogen-bond donors (Lipinski definition) is 4. The first-order chi connectivity index (χ1) is 17.6. The molecule has 1 amide bonds. The molecular weight excluding hydrogens is 496 g/mol. The summed E-state index contributed by atoms with van der Waals surface area (Å²) in [4.78, 5) is 79.9. The van der Waals surface area contributed by atoms with Gasteiger partial charge in [0.05, 0.1) is 29.5 Å². The first-order valence-corrected chi connectivity index (χ1v) is 12.5. The smallest absolute Gasteiger partial charge is 0.235 e. The molecule has 0 aliphatic heterocycles. The van der Waals surface area contributed by atoms with Gasteiger partial charge in [0.25, 0.3) is 0 Å². The Morgan fingerprint density at radius 1 is 1.13 bits per heavy atom. The number of aromatic hydroxyl groups is 1. The van der Waals surface area contributed by atoms with Gasteiger partial charge in [-0.15, -0.1) is 0 Å². The Morgan fingerprint density at radius 2 is 1.74 bits per heavy atom. The normalized spacial score (nSPS) is 34.6. The number of phenols is 1. The molecule has 11 heteroatoms. The third kappa shape index (κ3) is 3.52. The number of fused-ring (bicyclic) bond motifs is 3. The van der Waals surface area contributed by atoms with Gasteiger partial charge in [-0.2, -0.15) is 0 Å². The summed E-state index contributed by atoms with van der Waals surface area (Å²) in [5, 5.41) is 34.4. The van der Waals surface area contributed by atoms with E-state index in [1.807, 2.05) is 0 Å². The maximum absolute atomic E-state index is 13.9. The van der Waals surface area contributed by atoms with Crippen LogP contribution in [0.15, 0.2) is 6.07 Å². The van der Waals surface area contributed by atoms with Crippen molar-refractivity contribution in [3.8, 4) is 5.75 Å². The SMILES string of the molecule is CCC(=O)Cc1c(C)cc2c(c1O)C(=O)C1C(=O)[C@@]3(O)C(=O)C(C(N)=O)C(=O)[C@H](N(C)C)[C@H]3[C@H](O)[C@H]1[C@@H]2C. The van der Waals surface area contributed by atoms with E-state index in [-0.39, 0.29) is 29.8 Å². The molecule has 204 valence electrons. The number of carbonyl (C=O) groups excluding carboxylic acids is 6. The van der Waals surface area contributed by atoms with E-state index in [1.54, 1.807) is 26.8 Å². The molecule has 1 aromatic rings. The van der Waals surface area contributed by atoms with Crippen molar-refractivity contribution in [2.24, 2.45) is 29.4 Å². The number of aliphatic hydroxyl groups excluding tert-OH is 1. The molecule has 0 saturated heterocycles. The van der Waals surface area contributed by atoms with Crippen LogP contribution in [0.1, 0.15) is 53.2 Å². The van der Waals surface area contributed by atoms with Gasteiger partial charge in [-0.05, 0) is 38.1 Å². The lowest BCUT2D eigenvalue weighted by Gasteiger charge is -2.56. The van der Waals surface area contributed by atoms with Crippen LogP contribution in [0.3, 0.4) is 0 Å². The summed E-state index contributed by atoms with van der Waals surface area (Å²) in [7, 11) is 2.87. The van der Waals surface area contributed by atoms with Crippen molar-refractivity contribution in [3.05, 3.63) is 28.3 Å². The summed E-state index contributed by atoms with van der Waals surface area (Å²) in [5.74, 6) is -14.0. The monoisotopic (exact) mass is 528 g/mol. The Hall–Kier alpha value is -3.28. The second-order valence-corrected chi connectivity index (χ2v) is 10.9. The van der Waals surface area contributed by atoms with Crippen LogP contribution in [0.5, 0.6) is 5.75 Å². The van der Waals surface area contributed by atoms with Gasteiger partial charge in [-0.1, -0.05) is 19.9 Å². The van der Waals surface area contributed by atoms with E-state index >= 15 is 0 Å². The van der Waals surface area contributed by atoms with Crippen LogP contribution in [-0.2, 0) is 30.4 Å². The van der Waals surface area contributed by atoms with E-state index in [0.717, 1.165) is 0 Å². The molecule has 0 radical (unpaired) electrons. The van der Waals surface area contributed by atoms with Gasteiger partial charge in [-0.25, -0.2) is 0 Å². The highest BCUT2D eigenvalue weighted by atomic mass is 16.3. The van der Waals surface area contributed by atoms with E-state index in [2.05, 4.69) is 0 Å². The van der Waals surface area contributed by atoms with Crippen LogP contribution in [0.2, 0.25) is 0 Å². The predicted octanol–water partition coefficient (Wildman–Crippen LogP) is -0.771. The highest BCUT2D eigenvalue weighted by molar-refractivity contribution is 6.32. The summed E-state index contributed by atoms with van der Waals surface area (Å²) in [6.07, 6.45) is -1.61. The molecule has 0 aromatic heterocycles. The molecule has 0 heterocycles. The molecular formula is C27H32N2O9. The lowest BCUT2D eigenvalue weighted by Crippen LogP contribution is -2.77. The van der Waals surface area contributed by atoms with Crippen LogP contribution in [0, 0.1) is 30.6 Å². The van der Waals surface area contributed by atoms with Crippen molar-refractivity contribution in [2.75, 3.05) is 14.1 Å². The fourth-order valence-corrected chi connectivity index (χ4v) is 6.77. The van der Waals surface area contributed by atoms with Crippen LogP contribution < -0.4 is 5.73 Å². The summed E-state index contributed by atoms with van der Waals surface area (Å²) in [5.41, 5.74) is 3.18. The standard InChI is InChI=1S/C27H32N2O9/c1-6-11(30)8-12-9(2)7-13-10(3)14-16(21(32)15(13)20(12)31)24(35)27(38)18(22(14)33)19(29(4)5)23(34)17(25(27)36)26(28)37/h7,10,14,16-19,22,31,33,38H,6,8H2,1-5H3,(H2,28,37)/t10-,14+,16?,17?,18+,19-,22-,27-/m1/s1. The Bertz CT molecular complexity index is 1300. The van der Waals surface area contributed by atoms with Crippen molar-refractivity contribution in [3.63, 3.8) is 0 Å². The molecule has 4 rings (SSSR count). The molecule has 38 heavy (non-hydrogen) atoms. The van der Waals surface area contributed by atoms with Gasteiger partial charge >= 0.3 is 0 Å². The molecule has 1 aromatic carbocycles. The zero-order valence-corrected chi connectivity index (χ0v) is 21.8. The molecule has 2 saturated carbocycles. The second-order valence-electron chi connectivity index (χ2n) is 10.9. The fraction of sp³-hybridized carbons (Fsp3) is 0.556. The number of benzene rings is 1. The molecule has 3 aliphatic rings. The number of ketones is 5. The van der Waals surface area contributed by atoms with Gasteiger partial charge in [0.2, 0.25) is 5.91 Å². The number of nitrogens with two attached hydrogens (primary N) is 1. The first-order valence-electron chi connectivity index (χ1n) is 12.5. The summed E-state index contributed by atoms with van der Waals surface area (Å²) in [6.45, 7) is 4.98. The summed E-state index contributed by atoms with van der Waals surface area (Å²) < 4.78 is 0. The van der Waals surface area contributed by atoms with Crippen molar-refractivity contribution >= 4 is 34.8 Å². The first kappa shape index (κ1) is 27.7. The predicted molar refractivity (Wildman–Crippen MR) is 131 cm³/mol. The number of primary amides is 1. The van der Waals surface area contributed by atoms with E-state index < -0.39 is 82.1 Å². The summed E-state index contributed by atoms with van der Waals surface area (Å²) in [6, 6.07) is 0.213. The van der Waals surface area contributed by atoms with Gasteiger partial charge < -0.3 is 21.1 Å². The number of likely N-dealkylation sites (N-methyl/N-ethyl adjacent to an activating group) is 1. The molecule has 5 N–H and O–H groups in total. The number of aryl methyl sites for hydroxylation is 1. The number of hydrogen-bond acceptors (Lipinski definition) is 10. The van der Waals surface area contributed by atoms with Gasteiger partial charge in [-0.3, -0.25) is 33.7 Å². The number of aliphatic hydroxyl groups is 2. The quantitative estimate of drug-likeness (QED) is 0.353.